The Morgan fingerprint density at radius 1 is 1.10 bits per heavy atom. The molecule has 1 N–H and O–H groups in total. The van der Waals surface area contributed by atoms with Crippen LogP contribution < -0.4 is 5.32 Å². The maximum Gasteiger partial charge on any atom is 0.240 e. The Bertz CT molecular complexity index is 364. The Hall–Kier alpha value is -0.570. The van der Waals surface area contributed by atoms with Crippen LogP contribution >= 0.6 is 0 Å². The van der Waals surface area contributed by atoms with Crippen molar-refractivity contribution in [2.45, 2.75) is 77.3 Å². The Morgan fingerprint density at radius 3 is 2.65 bits per heavy atom. The van der Waals surface area contributed by atoms with Crippen molar-refractivity contribution in [3.63, 3.8) is 0 Å². The van der Waals surface area contributed by atoms with Gasteiger partial charge in [-0.3, -0.25) is 4.79 Å². The van der Waals surface area contributed by atoms with Crippen molar-refractivity contribution in [2.75, 3.05) is 13.1 Å². The van der Waals surface area contributed by atoms with Gasteiger partial charge in [0, 0.05) is 12.6 Å². The van der Waals surface area contributed by atoms with Crippen molar-refractivity contribution >= 4 is 5.91 Å². The van der Waals surface area contributed by atoms with Gasteiger partial charge in [-0.25, -0.2) is 0 Å². The normalized spacial score (nSPS) is 37.3. The van der Waals surface area contributed by atoms with Gasteiger partial charge in [-0.1, -0.05) is 26.7 Å². The third-order valence-corrected chi connectivity index (χ3v) is 5.90. The second kappa shape index (κ2) is 5.67. The number of nitrogens with zero attached hydrogens (tertiary/aromatic N) is 1. The lowest BCUT2D eigenvalue weighted by molar-refractivity contribution is -0.143. The first-order chi connectivity index (χ1) is 9.59. The molecule has 3 fully saturated rings. The molecule has 3 heteroatoms. The van der Waals surface area contributed by atoms with Gasteiger partial charge in [0.05, 0.1) is 6.04 Å². The van der Waals surface area contributed by atoms with E-state index in [1.165, 1.54) is 51.4 Å². The van der Waals surface area contributed by atoms with Crippen LogP contribution in [-0.2, 0) is 4.79 Å². The molecule has 0 aromatic heterocycles. The molecular weight excluding hydrogens is 248 g/mol. The number of hydrogen-bond acceptors (Lipinski definition) is 2. The first kappa shape index (κ1) is 14.4. The molecule has 0 radical (unpaired) electrons. The fraction of sp³-hybridized carbons (Fsp3) is 0.941. The molecule has 0 spiro atoms. The van der Waals surface area contributed by atoms with Gasteiger partial charge < -0.3 is 10.2 Å². The summed E-state index contributed by atoms with van der Waals surface area (Å²) >= 11 is 0. The molecule has 0 aromatic carbocycles. The van der Waals surface area contributed by atoms with Crippen LogP contribution in [-0.4, -0.2) is 36.0 Å². The zero-order valence-corrected chi connectivity index (χ0v) is 13.2. The van der Waals surface area contributed by atoms with Crippen LogP contribution in [0.15, 0.2) is 0 Å². The summed E-state index contributed by atoms with van der Waals surface area (Å²) < 4.78 is 0. The van der Waals surface area contributed by atoms with Crippen molar-refractivity contribution in [1.29, 1.82) is 0 Å². The van der Waals surface area contributed by atoms with E-state index in [9.17, 15) is 4.79 Å². The minimum Gasteiger partial charge on any atom is -0.338 e. The largest absolute Gasteiger partial charge is 0.338 e. The lowest BCUT2D eigenvalue weighted by atomic mass is 9.74. The topological polar surface area (TPSA) is 32.3 Å². The van der Waals surface area contributed by atoms with E-state index < -0.39 is 0 Å². The molecule has 3 rings (SSSR count). The molecule has 3 atom stereocenters. The fourth-order valence-electron chi connectivity index (χ4n) is 4.70. The van der Waals surface area contributed by atoms with E-state index in [4.69, 9.17) is 0 Å². The molecule has 3 unspecified atom stereocenters. The van der Waals surface area contributed by atoms with Gasteiger partial charge in [0.2, 0.25) is 5.91 Å². The molecular formula is C17H30N2O. The molecule has 0 bridgehead atoms. The zero-order chi connectivity index (χ0) is 14.2. The number of rotatable bonds is 1. The number of amides is 1. The highest BCUT2D eigenvalue weighted by molar-refractivity contribution is 5.83. The second-order valence-electron chi connectivity index (χ2n) is 7.77. The van der Waals surface area contributed by atoms with Gasteiger partial charge in [-0.05, 0) is 56.4 Å². The molecule has 1 saturated carbocycles. The maximum atomic E-state index is 13.1. The summed E-state index contributed by atoms with van der Waals surface area (Å²) in [5.41, 5.74) is 0.108. The second-order valence-corrected chi connectivity index (χ2v) is 7.77. The van der Waals surface area contributed by atoms with Gasteiger partial charge in [0.25, 0.3) is 0 Å². The lowest BCUT2D eigenvalue weighted by Gasteiger charge is -2.48. The number of carbonyl (C=O) groups excluding carboxylic acids is 1. The summed E-state index contributed by atoms with van der Waals surface area (Å²) in [4.78, 5) is 15.3. The molecule has 3 nitrogen and oxygen atoms in total. The van der Waals surface area contributed by atoms with Gasteiger partial charge in [0.15, 0.2) is 0 Å². The van der Waals surface area contributed by atoms with Gasteiger partial charge >= 0.3 is 0 Å². The number of nitrogens with one attached hydrogen (secondary N) is 1. The van der Waals surface area contributed by atoms with Crippen molar-refractivity contribution < 1.29 is 4.79 Å². The predicted molar refractivity (Wildman–Crippen MR) is 81.5 cm³/mol. The van der Waals surface area contributed by atoms with Crippen molar-refractivity contribution in [2.24, 2.45) is 11.3 Å². The molecule has 2 heterocycles. The summed E-state index contributed by atoms with van der Waals surface area (Å²) in [6.07, 6.45) is 10.2. The van der Waals surface area contributed by atoms with Gasteiger partial charge in [0.1, 0.15) is 0 Å². The van der Waals surface area contributed by atoms with E-state index in [0.29, 0.717) is 11.9 Å². The number of hydrogen-bond donors (Lipinski definition) is 1. The Kier molecular flexibility index (Phi) is 4.07. The summed E-state index contributed by atoms with van der Waals surface area (Å²) in [6, 6.07) is 0.585. The first-order valence-electron chi connectivity index (χ1n) is 8.63. The van der Waals surface area contributed by atoms with Gasteiger partial charge in [-0.2, -0.15) is 0 Å². The summed E-state index contributed by atoms with van der Waals surface area (Å²) in [5, 5.41) is 3.51. The smallest absolute Gasteiger partial charge is 0.240 e. The van der Waals surface area contributed by atoms with E-state index >= 15 is 0 Å². The van der Waals surface area contributed by atoms with Crippen LogP contribution in [0.2, 0.25) is 0 Å². The average molecular weight is 278 g/mol. The molecule has 1 aliphatic carbocycles. The molecule has 1 amide bonds. The van der Waals surface area contributed by atoms with E-state index in [2.05, 4.69) is 24.1 Å². The Morgan fingerprint density at radius 2 is 1.85 bits per heavy atom. The number of carbonyl (C=O) groups is 1. The van der Waals surface area contributed by atoms with Crippen molar-refractivity contribution in [3.05, 3.63) is 0 Å². The third-order valence-electron chi connectivity index (χ3n) is 5.90. The van der Waals surface area contributed by atoms with Crippen LogP contribution in [0.3, 0.4) is 0 Å². The van der Waals surface area contributed by atoms with Crippen LogP contribution in [0, 0.1) is 11.3 Å². The first-order valence-corrected chi connectivity index (χ1v) is 8.63. The van der Waals surface area contributed by atoms with Crippen LogP contribution in [0.25, 0.3) is 0 Å². The minimum absolute atomic E-state index is 0.0388. The highest BCUT2D eigenvalue weighted by Crippen LogP contribution is 2.38. The van der Waals surface area contributed by atoms with Crippen LogP contribution in [0.5, 0.6) is 0 Å². The molecule has 114 valence electrons. The SMILES string of the molecule is CC1(C)CCCNC1C(=O)N1CCCC2CCCCC21. The summed E-state index contributed by atoms with van der Waals surface area (Å²) in [7, 11) is 0. The van der Waals surface area contributed by atoms with E-state index in [-0.39, 0.29) is 11.5 Å². The molecule has 2 saturated heterocycles. The quantitative estimate of drug-likeness (QED) is 0.800. The number of piperidine rings is 2. The molecule has 2 aliphatic heterocycles. The van der Waals surface area contributed by atoms with E-state index in [1.54, 1.807) is 0 Å². The standard InChI is InChI=1S/C17H30N2O/c1-17(2)10-6-11-18-15(17)16(20)19-12-5-8-13-7-3-4-9-14(13)19/h13-15,18H,3-12H2,1-2H3. The number of likely N-dealkylation sites (tertiary alicyclic amines) is 1. The zero-order valence-electron chi connectivity index (χ0n) is 13.2. The lowest BCUT2D eigenvalue weighted by Crippen LogP contribution is -2.60. The van der Waals surface area contributed by atoms with E-state index in [1.807, 2.05) is 0 Å². The summed E-state index contributed by atoms with van der Waals surface area (Å²) in [5.74, 6) is 1.18. The van der Waals surface area contributed by atoms with Crippen LogP contribution in [0.4, 0.5) is 0 Å². The molecule has 0 aromatic rings. The Balaban J connectivity index is 1.74. The summed E-state index contributed by atoms with van der Waals surface area (Å²) in [6.45, 7) is 6.50. The molecule has 20 heavy (non-hydrogen) atoms. The monoisotopic (exact) mass is 278 g/mol. The predicted octanol–water partition coefficient (Wildman–Crippen LogP) is 2.95. The highest BCUT2D eigenvalue weighted by Gasteiger charge is 2.43. The minimum atomic E-state index is 0.0388. The van der Waals surface area contributed by atoms with Crippen LogP contribution in [0.1, 0.15) is 65.2 Å². The van der Waals surface area contributed by atoms with E-state index in [0.717, 1.165) is 19.0 Å². The van der Waals surface area contributed by atoms with Crippen molar-refractivity contribution in [1.82, 2.24) is 10.2 Å². The molecule has 3 aliphatic rings. The number of fused-ring (bicyclic) bond motifs is 1. The average Bonchev–Trinajstić information content (AvgIpc) is 2.45. The fourth-order valence-corrected chi connectivity index (χ4v) is 4.70. The Labute approximate surface area is 123 Å². The third kappa shape index (κ3) is 2.61. The maximum absolute atomic E-state index is 13.1. The van der Waals surface area contributed by atoms with Gasteiger partial charge in [-0.15, -0.1) is 0 Å². The highest BCUT2D eigenvalue weighted by atomic mass is 16.2. The van der Waals surface area contributed by atoms with Crippen molar-refractivity contribution in [3.8, 4) is 0 Å².